The maximum Gasteiger partial charge on any atom is 0.0715 e. The zero-order valence-electron chi connectivity index (χ0n) is 18.2. The van der Waals surface area contributed by atoms with E-state index >= 15 is 0 Å². The number of aromatic nitrogens is 1. The maximum atomic E-state index is 5.08. The van der Waals surface area contributed by atoms with Crippen LogP contribution in [0.4, 0.5) is 0 Å². The Balaban J connectivity index is 1.62. The third-order valence-corrected chi connectivity index (χ3v) is 6.85. The van der Waals surface area contributed by atoms with Crippen LogP contribution in [0.25, 0.3) is 22.2 Å². The van der Waals surface area contributed by atoms with Gasteiger partial charge >= 0.3 is 0 Å². The largest absolute Gasteiger partial charge is 0.248 e. The van der Waals surface area contributed by atoms with Gasteiger partial charge in [-0.3, -0.25) is 0 Å². The molecule has 3 aromatic carbocycles. The number of nitrogens with zero attached hydrogens (tertiary/aromatic N) is 1. The summed E-state index contributed by atoms with van der Waals surface area (Å²) in [6, 6.07) is 26.8. The average Bonchev–Trinajstić information content (AvgIpc) is 2.79. The van der Waals surface area contributed by atoms with Crippen molar-refractivity contribution in [2.45, 2.75) is 51.9 Å². The Hall–Kier alpha value is -2.93. The predicted molar refractivity (Wildman–Crippen MR) is 127 cm³/mol. The summed E-state index contributed by atoms with van der Waals surface area (Å²) in [5.41, 5.74) is 10.5. The number of hydrogen-bond donors (Lipinski definition) is 0. The molecule has 0 fully saturated rings. The summed E-state index contributed by atoms with van der Waals surface area (Å²) in [5, 5.41) is 1.39. The minimum atomic E-state index is -0.0547. The highest BCUT2D eigenvalue weighted by molar-refractivity contribution is 5.89. The second kappa shape index (κ2) is 7.40. The van der Waals surface area contributed by atoms with Gasteiger partial charge in [0.2, 0.25) is 0 Å². The highest BCUT2D eigenvalue weighted by Crippen LogP contribution is 2.37. The molecule has 5 rings (SSSR count). The molecule has 0 saturated carbocycles. The molecule has 1 aliphatic rings. The van der Waals surface area contributed by atoms with Crippen molar-refractivity contribution in [1.82, 2.24) is 4.98 Å². The van der Waals surface area contributed by atoms with Gasteiger partial charge < -0.3 is 0 Å². The van der Waals surface area contributed by atoms with E-state index < -0.39 is 0 Å². The first-order valence-electron chi connectivity index (χ1n) is 11.2. The van der Waals surface area contributed by atoms with E-state index in [9.17, 15) is 0 Å². The fourth-order valence-corrected chi connectivity index (χ4v) is 5.13. The third kappa shape index (κ3) is 3.13. The first-order chi connectivity index (χ1) is 14.6. The molecule has 0 aliphatic heterocycles. The number of aryl methyl sites for hydroxylation is 3. The molecule has 0 atom stereocenters. The van der Waals surface area contributed by atoms with Gasteiger partial charge in [0.15, 0.2) is 0 Å². The number of hydrogen-bond acceptors (Lipinski definition) is 1. The number of pyridine rings is 1. The van der Waals surface area contributed by atoms with Crippen molar-refractivity contribution in [2.24, 2.45) is 0 Å². The summed E-state index contributed by atoms with van der Waals surface area (Å²) in [4.78, 5) is 5.08. The molecule has 30 heavy (non-hydrogen) atoms. The Morgan fingerprint density at radius 3 is 2.50 bits per heavy atom. The van der Waals surface area contributed by atoms with Crippen LogP contribution < -0.4 is 0 Å². The van der Waals surface area contributed by atoms with Crippen LogP contribution >= 0.6 is 0 Å². The van der Waals surface area contributed by atoms with Crippen molar-refractivity contribution in [3.8, 4) is 11.3 Å². The molecule has 1 aromatic heterocycles. The normalized spacial score (nSPS) is 13.6. The highest BCUT2D eigenvalue weighted by atomic mass is 14.7. The first-order valence-corrected chi connectivity index (χ1v) is 11.2. The van der Waals surface area contributed by atoms with Gasteiger partial charge in [0, 0.05) is 16.4 Å². The van der Waals surface area contributed by atoms with Crippen molar-refractivity contribution in [2.75, 3.05) is 0 Å². The summed E-state index contributed by atoms with van der Waals surface area (Å²) in [6.45, 7) is 6.92. The quantitative estimate of drug-likeness (QED) is 0.356. The molecule has 1 heteroatoms. The van der Waals surface area contributed by atoms with Crippen LogP contribution in [0.15, 0.2) is 72.8 Å². The maximum absolute atomic E-state index is 5.08. The van der Waals surface area contributed by atoms with E-state index in [0.29, 0.717) is 0 Å². The van der Waals surface area contributed by atoms with Gasteiger partial charge in [-0.15, -0.1) is 0 Å². The van der Waals surface area contributed by atoms with Crippen LogP contribution in [-0.4, -0.2) is 4.98 Å². The lowest BCUT2D eigenvalue weighted by Crippen LogP contribution is -2.21. The predicted octanol–water partition coefficient (Wildman–Crippen LogP) is 7.28. The summed E-state index contributed by atoms with van der Waals surface area (Å²) in [7, 11) is 0. The summed E-state index contributed by atoms with van der Waals surface area (Å²) in [6.07, 6.45) is 4.61. The summed E-state index contributed by atoms with van der Waals surface area (Å²) < 4.78 is 0. The highest BCUT2D eigenvalue weighted by Gasteiger charge is 2.26. The lowest BCUT2D eigenvalue weighted by Gasteiger charge is -2.29. The van der Waals surface area contributed by atoms with Gasteiger partial charge in [-0.25, -0.2) is 4.98 Å². The number of benzene rings is 3. The molecular formula is C29H29N. The molecule has 0 unspecified atom stereocenters. The Morgan fingerprint density at radius 2 is 1.63 bits per heavy atom. The molecule has 150 valence electrons. The van der Waals surface area contributed by atoms with Gasteiger partial charge in [0.25, 0.3) is 0 Å². The first kappa shape index (κ1) is 19.1. The molecule has 1 nitrogen and oxygen atoms in total. The summed E-state index contributed by atoms with van der Waals surface area (Å²) >= 11 is 0. The molecule has 1 aliphatic carbocycles. The van der Waals surface area contributed by atoms with E-state index in [4.69, 9.17) is 4.98 Å². The Morgan fingerprint density at radius 1 is 0.833 bits per heavy atom. The Labute approximate surface area is 179 Å². The lowest BCUT2D eigenvalue weighted by molar-refractivity contribution is 0.632. The summed E-state index contributed by atoms with van der Waals surface area (Å²) in [5.74, 6) is 0. The smallest absolute Gasteiger partial charge is 0.0715 e. The van der Waals surface area contributed by atoms with Crippen LogP contribution in [0.1, 0.15) is 55.0 Å². The Bertz CT molecular complexity index is 1230. The van der Waals surface area contributed by atoms with Crippen LogP contribution in [0.5, 0.6) is 0 Å². The minimum Gasteiger partial charge on any atom is -0.248 e. The standard InChI is InChI=1S/C29H29N/c1-4-20-10-5-6-16-25(20)29(2,3)24-15-8-13-22(18-24)27-19-23-14-7-11-21-12-9-17-26(30-27)28(21)23/h5-6,8-10,12-13,15-19H,4,7,11,14H2,1-3H3. The second-order valence-electron chi connectivity index (χ2n) is 9.05. The van der Waals surface area contributed by atoms with E-state index in [1.165, 1.54) is 51.6 Å². The minimum absolute atomic E-state index is 0.0547. The van der Waals surface area contributed by atoms with Crippen molar-refractivity contribution < 1.29 is 0 Å². The van der Waals surface area contributed by atoms with E-state index in [-0.39, 0.29) is 5.41 Å². The van der Waals surface area contributed by atoms with E-state index in [0.717, 1.165) is 24.1 Å². The molecule has 1 heterocycles. The van der Waals surface area contributed by atoms with Crippen molar-refractivity contribution >= 4 is 10.9 Å². The van der Waals surface area contributed by atoms with Crippen molar-refractivity contribution in [1.29, 1.82) is 0 Å². The van der Waals surface area contributed by atoms with Gasteiger partial charge in [-0.2, -0.15) is 0 Å². The molecular weight excluding hydrogens is 362 g/mol. The van der Waals surface area contributed by atoms with Crippen LogP contribution in [0, 0.1) is 0 Å². The SMILES string of the molecule is CCc1ccccc1C(C)(C)c1cccc(-c2cc3c4c(cccc4n2)CCC3)c1. The number of rotatable bonds is 4. The van der Waals surface area contributed by atoms with Crippen LogP contribution in [0.2, 0.25) is 0 Å². The molecule has 0 radical (unpaired) electrons. The molecule has 0 amide bonds. The van der Waals surface area contributed by atoms with E-state index in [2.05, 4.69) is 93.6 Å². The fourth-order valence-electron chi connectivity index (χ4n) is 5.13. The Kier molecular flexibility index (Phi) is 4.70. The molecule has 0 spiro atoms. The zero-order chi connectivity index (χ0) is 20.7. The van der Waals surface area contributed by atoms with Gasteiger partial charge in [-0.1, -0.05) is 75.4 Å². The van der Waals surface area contributed by atoms with Gasteiger partial charge in [0.1, 0.15) is 0 Å². The third-order valence-electron chi connectivity index (χ3n) is 6.85. The average molecular weight is 392 g/mol. The van der Waals surface area contributed by atoms with Crippen LogP contribution in [0.3, 0.4) is 0 Å². The van der Waals surface area contributed by atoms with Gasteiger partial charge in [-0.05, 0) is 71.7 Å². The second-order valence-corrected chi connectivity index (χ2v) is 9.05. The molecule has 0 bridgehead atoms. The zero-order valence-corrected chi connectivity index (χ0v) is 18.2. The topological polar surface area (TPSA) is 12.9 Å². The monoisotopic (exact) mass is 391 g/mol. The lowest BCUT2D eigenvalue weighted by atomic mass is 9.75. The molecule has 0 N–H and O–H groups in total. The van der Waals surface area contributed by atoms with Crippen molar-refractivity contribution in [3.63, 3.8) is 0 Å². The van der Waals surface area contributed by atoms with E-state index in [1.54, 1.807) is 0 Å². The van der Waals surface area contributed by atoms with Gasteiger partial charge in [0.05, 0.1) is 11.2 Å². The van der Waals surface area contributed by atoms with E-state index in [1.807, 2.05) is 0 Å². The van der Waals surface area contributed by atoms with Crippen LogP contribution in [-0.2, 0) is 24.7 Å². The van der Waals surface area contributed by atoms with Crippen molar-refractivity contribution in [3.05, 3.63) is 101 Å². The molecule has 0 saturated heterocycles. The molecule has 4 aromatic rings. The fraction of sp³-hybridized carbons (Fsp3) is 0.276.